The van der Waals surface area contributed by atoms with E-state index >= 15 is 0 Å². The van der Waals surface area contributed by atoms with E-state index in [2.05, 4.69) is 27.8 Å². The van der Waals surface area contributed by atoms with Crippen molar-refractivity contribution in [2.24, 2.45) is 5.92 Å². The molecule has 0 N–H and O–H groups in total. The summed E-state index contributed by atoms with van der Waals surface area (Å²) in [4.78, 5) is 5.97. The van der Waals surface area contributed by atoms with Crippen molar-refractivity contribution in [2.45, 2.75) is 32.6 Å². The van der Waals surface area contributed by atoms with Gasteiger partial charge in [0.1, 0.15) is 0 Å². The molecule has 0 saturated carbocycles. The van der Waals surface area contributed by atoms with E-state index in [-0.39, 0.29) is 0 Å². The highest BCUT2D eigenvalue weighted by Gasteiger charge is 2.20. The SMILES string of the molecule is CCC1CCc2nc(Br)sc2C1. The largest absolute Gasteiger partial charge is 0.234 e. The summed E-state index contributed by atoms with van der Waals surface area (Å²) >= 11 is 5.26. The Balaban J connectivity index is 2.22. The van der Waals surface area contributed by atoms with Crippen LogP contribution < -0.4 is 0 Å². The second-order valence-electron chi connectivity index (χ2n) is 3.35. The molecule has 1 aliphatic rings. The van der Waals surface area contributed by atoms with Crippen molar-refractivity contribution in [2.75, 3.05) is 0 Å². The molecule has 0 amide bonds. The molecule has 0 bridgehead atoms. The summed E-state index contributed by atoms with van der Waals surface area (Å²) in [5.41, 5.74) is 1.34. The summed E-state index contributed by atoms with van der Waals surface area (Å²) in [5, 5.41) is 0. The zero-order chi connectivity index (χ0) is 8.55. The Bertz CT molecular complexity index is 282. The zero-order valence-corrected chi connectivity index (χ0v) is 9.54. The summed E-state index contributed by atoms with van der Waals surface area (Å²) < 4.78 is 1.06. The van der Waals surface area contributed by atoms with Gasteiger partial charge >= 0.3 is 0 Å². The Labute approximate surface area is 85.3 Å². The molecule has 1 nitrogen and oxygen atoms in total. The average molecular weight is 246 g/mol. The van der Waals surface area contributed by atoms with Gasteiger partial charge in [-0.1, -0.05) is 13.3 Å². The van der Waals surface area contributed by atoms with Gasteiger partial charge in [-0.3, -0.25) is 0 Å². The van der Waals surface area contributed by atoms with Crippen molar-refractivity contribution in [3.05, 3.63) is 14.5 Å². The molecular formula is C9H12BrNS. The van der Waals surface area contributed by atoms with E-state index in [4.69, 9.17) is 0 Å². The van der Waals surface area contributed by atoms with Crippen LogP contribution in [-0.4, -0.2) is 4.98 Å². The minimum Gasteiger partial charge on any atom is -0.234 e. The normalized spacial score (nSPS) is 22.3. The second-order valence-corrected chi connectivity index (χ2v) is 5.71. The Kier molecular flexibility index (Phi) is 2.51. The number of nitrogens with zero attached hydrogens (tertiary/aromatic N) is 1. The molecule has 1 atom stereocenters. The third-order valence-electron chi connectivity index (χ3n) is 2.59. The topological polar surface area (TPSA) is 12.9 Å². The van der Waals surface area contributed by atoms with Crippen LogP contribution in [0.25, 0.3) is 0 Å². The van der Waals surface area contributed by atoms with E-state index in [0.29, 0.717) is 0 Å². The van der Waals surface area contributed by atoms with Crippen LogP contribution in [0.15, 0.2) is 3.92 Å². The standard InChI is InChI=1S/C9H12BrNS/c1-2-6-3-4-7-8(5-6)12-9(10)11-7/h6H,2-5H2,1H3. The Morgan fingerprint density at radius 2 is 2.50 bits per heavy atom. The molecule has 1 aliphatic carbocycles. The fraction of sp³-hybridized carbons (Fsp3) is 0.667. The van der Waals surface area contributed by atoms with Gasteiger partial charge in [0.25, 0.3) is 0 Å². The number of halogens is 1. The van der Waals surface area contributed by atoms with Gasteiger partial charge in [-0.25, -0.2) is 4.98 Å². The van der Waals surface area contributed by atoms with Crippen LogP contribution in [0.2, 0.25) is 0 Å². The van der Waals surface area contributed by atoms with Crippen LogP contribution in [0, 0.1) is 5.92 Å². The summed E-state index contributed by atoms with van der Waals surface area (Å²) in [5.74, 6) is 0.907. The molecule has 1 heterocycles. The van der Waals surface area contributed by atoms with Gasteiger partial charge in [-0.2, -0.15) is 0 Å². The van der Waals surface area contributed by atoms with Crippen molar-refractivity contribution in [1.82, 2.24) is 4.98 Å². The number of aromatic nitrogens is 1. The number of hydrogen-bond donors (Lipinski definition) is 0. The summed E-state index contributed by atoms with van der Waals surface area (Å²) in [6.07, 6.45) is 5.10. The number of hydrogen-bond acceptors (Lipinski definition) is 2. The van der Waals surface area contributed by atoms with E-state index in [9.17, 15) is 0 Å². The third kappa shape index (κ3) is 1.57. The molecule has 1 aromatic rings. The fourth-order valence-corrected chi connectivity index (χ4v) is 3.50. The van der Waals surface area contributed by atoms with Crippen LogP contribution in [0.5, 0.6) is 0 Å². The first kappa shape index (κ1) is 8.70. The maximum absolute atomic E-state index is 4.46. The average Bonchev–Trinajstić information content (AvgIpc) is 2.43. The summed E-state index contributed by atoms with van der Waals surface area (Å²) in [6.45, 7) is 2.28. The van der Waals surface area contributed by atoms with Crippen LogP contribution in [0.1, 0.15) is 30.3 Å². The summed E-state index contributed by atoms with van der Waals surface area (Å²) in [6, 6.07) is 0. The van der Waals surface area contributed by atoms with Gasteiger partial charge in [0.05, 0.1) is 5.69 Å². The molecule has 0 saturated heterocycles. The molecule has 3 heteroatoms. The Morgan fingerprint density at radius 1 is 1.67 bits per heavy atom. The summed E-state index contributed by atoms with van der Waals surface area (Å²) in [7, 11) is 0. The molecule has 2 rings (SSSR count). The molecule has 1 unspecified atom stereocenters. The molecule has 0 fully saturated rings. The maximum atomic E-state index is 4.46. The predicted octanol–water partition coefficient (Wildman–Crippen LogP) is 3.42. The van der Waals surface area contributed by atoms with Gasteiger partial charge in [0, 0.05) is 4.88 Å². The van der Waals surface area contributed by atoms with E-state index in [1.807, 2.05) is 11.3 Å². The van der Waals surface area contributed by atoms with Gasteiger partial charge in [-0.15, -0.1) is 11.3 Å². The van der Waals surface area contributed by atoms with Crippen molar-refractivity contribution >= 4 is 27.3 Å². The van der Waals surface area contributed by atoms with Crippen molar-refractivity contribution < 1.29 is 0 Å². The smallest absolute Gasteiger partial charge is 0.159 e. The quantitative estimate of drug-likeness (QED) is 0.739. The lowest BCUT2D eigenvalue weighted by molar-refractivity contribution is 0.446. The van der Waals surface area contributed by atoms with Gasteiger partial charge in [-0.05, 0) is 41.1 Å². The number of aryl methyl sites for hydroxylation is 1. The number of thiazole rings is 1. The molecule has 66 valence electrons. The highest BCUT2D eigenvalue weighted by molar-refractivity contribution is 9.11. The lowest BCUT2D eigenvalue weighted by Crippen LogP contribution is -2.11. The molecule has 0 radical (unpaired) electrons. The van der Waals surface area contributed by atoms with Crippen LogP contribution >= 0.6 is 27.3 Å². The first-order valence-corrected chi connectivity index (χ1v) is 6.04. The van der Waals surface area contributed by atoms with E-state index in [1.54, 1.807) is 0 Å². The molecule has 0 aliphatic heterocycles. The Hall–Kier alpha value is 0.110. The fourth-order valence-electron chi connectivity index (χ4n) is 1.76. The molecule has 0 spiro atoms. The third-order valence-corrected chi connectivity index (χ3v) is 4.16. The lowest BCUT2D eigenvalue weighted by Gasteiger charge is -2.18. The van der Waals surface area contributed by atoms with Crippen LogP contribution in [0.4, 0.5) is 0 Å². The zero-order valence-electron chi connectivity index (χ0n) is 7.14. The Morgan fingerprint density at radius 3 is 3.25 bits per heavy atom. The van der Waals surface area contributed by atoms with Crippen molar-refractivity contribution in [3.63, 3.8) is 0 Å². The minimum absolute atomic E-state index is 0.907. The molecule has 0 aromatic carbocycles. The van der Waals surface area contributed by atoms with Crippen LogP contribution in [-0.2, 0) is 12.8 Å². The van der Waals surface area contributed by atoms with E-state index in [1.165, 1.54) is 36.3 Å². The maximum Gasteiger partial charge on any atom is 0.159 e. The van der Waals surface area contributed by atoms with Crippen molar-refractivity contribution in [1.29, 1.82) is 0 Å². The number of rotatable bonds is 1. The molecular weight excluding hydrogens is 234 g/mol. The first-order valence-electron chi connectivity index (χ1n) is 4.43. The second kappa shape index (κ2) is 3.46. The van der Waals surface area contributed by atoms with Gasteiger partial charge in [0.15, 0.2) is 3.92 Å². The minimum atomic E-state index is 0.907. The molecule has 1 aromatic heterocycles. The lowest BCUT2D eigenvalue weighted by atomic mass is 9.89. The van der Waals surface area contributed by atoms with E-state index in [0.717, 1.165) is 9.83 Å². The first-order chi connectivity index (χ1) is 5.79. The monoisotopic (exact) mass is 245 g/mol. The van der Waals surface area contributed by atoms with Crippen molar-refractivity contribution in [3.8, 4) is 0 Å². The highest BCUT2D eigenvalue weighted by Crippen LogP contribution is 2.33. The van der Waals surface area contributed by atoms with Gasteiger partial charge < -0.3 is 0 Å². The highest BCUT2D eigenvalue weighted by atomic mass is 79.9. The van der Waals surface area contributed by atoms with E-state index < -0.39 is 0 Å². The number of fused-ring (bicyclic) bond motifs is 1. The van der Waals surface area contributed by atoms with Crippen LogP contribution in [0.3, 0.4) is 0 Å². The predicted molar refractivity (Wildman–Crippen MR) is 55.6 cm³/mol. The van der Waals surface area contributed by atoms with Gasteiger partial charge in [0.2, 0.25) is 0 Å². The molecule has 12 heavy (non-hydrogen) atoms.